The number of nitrogens with one attached hydrogen (secondary N) is 1. The number of H-pyrrole nitrogens is 1. The van der Waals surface area contributed by atoms with Crippen LogP contribution < -0.4 is 11.2 Å². The molecule has 3 atom stereocenters. The lowest BCUT2D eigenvalue weighted by Crippen LogP contribution is -2.36. The first-order chi connectivity index (χ1) is 17.9. The van der Waals surface area contributed by atoms with Crippen molar-refractivity contribution in [3.8, 4) is 0 Å². The summed E-state index contributed by atoms with van der Waals surface area (Å²) in [6, 6.07) is 13.0. The maximum Gasteiger partial charge on any atom is 0.423 e. The number of ether oxygens (including phenoxy) is 3. The number of esters is 2. The van der Waals surface area contributed by atoms with Crippen molar-refractivity contribution >= 4 is 11.9 Å². The molecule has 0 aliphatic carbocycles. The zero-order valence-corrected chi connectivity index (χ0v) is 20.3. The van der Waals surface area contributed by atoms with E-state index in [0.29, 0.717) is 10.8 Å². The maximum atomic E-state index is 13.3. The summed E-state index contributed by atoms with van der Waals surface area (Å²) in [5, 5.41) is 0. The third-order valence-corrected chi connectivity index (χ3v) is 5.98. The summed E-state index contributed by atoms with van der Waals surface area (Å²) in [6.07, 6.45) is -8.47. The van der Waals surface area contributed by atoms with E-state index in [4.69, 9.17) is 14.2 Å². The molecule has 38 heavy (non-hydrogen) atoms. The Morgan fingerprint density at radius 2 is 1.53 bits per heavy atom. The molecule has 0 amide bonds. The van der Waals surface area contributed by atoms with E-state index in [-0.39, 0.29) is 17.5 Å². The van der Waals surface area contributed by atoms with Crippen LogP contribution >= 0.6 is 0 Å². The largest absolute Gasteiger partial charge is 0.459 e. The average molecular weight is 532 g/mol. The molecule has 1 fully saturated rings. The highest BCUT2D eigenvalue weighted by atomic mass is 19.4. The zero-order valence-electron chi connectivity index (χ0n) is 20.3. The fourth-order valence-corrected chi connectivity index (χ4v) is 3.87. The van der Waals surface area contributed by atoms with Crippen LogP contribution in [0.1, 0.15) is 50.1 Å². The summed E-state index contributed by atoms with van der Waals surface area (Å²) in [7, 11) is 0. The van der Waals surface area contributed by atoms with Crippen molar-refractivity contribution in [1.29, 1.82) is 0 Å². The van der Waals surface area contributed by atoms with E-state index in [1.807, 2.05) is 13.8 Å². The van der Waals surface area contributed by atoms with E-state index in [1.54, 1.807) is 53.5 Å². The highest BCUT2D eigenvalue weighted by Crippen LogP contribution is 2.32. The highest BCUT2D eigenvalue weighted by Gasteiger charge is 2.42. The molecule has 0 radical (unpaired) electrons. The minimum absolute atomic E-state index is 0.218. The zero-order chi connectivity index (χ0) is 27.6. The number of nitrogens with zero attached hydrogens (tertiary/aromatic N) is 1. The Labute approximate surface area is 213 Å². The molecule has 0 spiro atoms. The molecule has 3 aromatic rings. The Kier molecular flexibility index (Phi) is 7.53. The minimum Gasteiger partial charge on any atom is -0.459 e. The first kappa shape index (κ1) is 26.9. The number of aromatic nitrogens is 2. The Bertz CT molecular complexity index is 1440. The fraction of sp³-hybridized carbons (Fsp3) is 0.308. The molecule has 0 bridgehead atoms. The summed E-state index contributed by atoms with van der Waals surface area (Å²) in [5.41, 5.74) is -2.03. The van der Waals surface area contributed by atoms with Crippen molar-refractivity contribution in [2.75, 3.05) is 6.61 Å². The minimum atomic E-state index is -5.03. The van der Waals surface area contributed by atoms with E-state index in [9.17, 15) is 32.3 Å². The molecule has 0 unspecified atom stereocenters. The number of hydrogen-bond acceptors (Lipinski definition) is 7. The normalized spacial score (nSPS) is 19.2. The summed E-state index contributed by atoms with van der Waals surface area (Å²) in [5.74, 6) is -1.43. The Hall–Kier alpha value is -4.19. The second-order valence-corrected chi connectivity index (χ2v) is 8.85. The number of carbonyl (C=O) groups excluding carboxylic acids is 2. The van der Waals surface area contributed by atoms with Gasteiger partial charge >= 0.3 is 23.8 Å². The molecule has 1 aromatic heterocycles. The number of aryl methyl sites for hydroxylation is 2. The van der Waals surface area contributed by atoms with Gasteiger partial charge in [-0.05, 0) is 38.1 Å². The summed E-state index contributed by atoms with van der Waals surface area (Å²) in [6.45, 7) is 3.26. The number of halogens is 3. The molecule has 1 N–H and O–H groups in total. The second kappa shape index (κ2) is 10.7. The third-order valence-electron chi connectivity index (χ3n) is 5.98. The number of hydrogen-bond donors (Lipinski definition) is 1. The van der Waals surface area contributed by atoms with Crippen molar-refractivity contribution in [2.24, 2.45) is 0 Å². The molecule has 1 aliphatic heterocycles. The van der Waals surface area contributed by atoms with Crippen LogP contribution in [0.3, 0.4) is 0 Å². The lowest BCUT2D eigenvalue weighted by atomic mass is 10.1. The average Bonchev–Trinajstić information content (AvgIpc) is 3.24. The van der Waals surface area contributed by atoms with Crippen molar-refractivity contribution in [3.63, 3.8) is 0 Å². The van der Waals surface area contributed by atoms with Crippen LogP contribution in [0.4, 0.5) is 13.2 Å². The summed E-state index contributed by atoms with van der Waals surface area (Å²) >= 11 is 0. The molecular weight excluding hydrogens is 509 g/mol. The smallest absolute Gasteiger partial charge is 0.423 e. The highest BCUT2D eigenvalue weighted by molar-refractivity contribution is 5.90. The number of rotatable bonds is 6. The molecule has 9 nitrogen and oxygen atoms in total. The predicted molar refractivity (Wildman–Crippen MR) is 127 cm³/mol. The topological polar surface area (TPSA) is 117 Å². The van der Waals surface area contributed by atoms with Gasteiger partial charge < -0.3 is 14.2 Å². The van der Waals surface area contributed by atoms with Gasteiger partial charge in [-0.25, -0.2) is 14.4 Å². The first-order valence-electron chi connectivity index (χ1n) is 11.5. The molecule has 1 aliphatic rings. The molecule has 1 saturated heterocycles. The van der Waals surface area contributed by atoms with E-state index in [0.717, 1.165) is 11.1 Å². The van der Waals surface area contributed by atoms with Gasteiger partial charge in [-0.2, -0.15) is 13.2 Å². The van der Waals surface area contributed by atoms with Crippen LogP contribution in [0, 0.1) is 13.8 Å². The van der Waals surface area contributed by atoms with Crippen molar-refractivity contribution in [3.05, 3.63) is 103 Å². The fourth-order valence-electron chi connectivity index (χ4n) is 3.87. The molecule has 2 aromatic carbocycles. The number of carbonyl (C=O) groups is 2. The van der Waals surface area contributed by atoms with Crippen LogP contribution in [-0.4, -0.2) is 40.3 Å². The predicted octanol–water partition coefficient (Wildman–Crippen LogP) is 3.54. The number of aromatic amines is 1. The van der Waals surface area contributed by atoms with Gasteiger partial charge in [-0.1, -0.05) is 35.4 Å². The van der Waals surface area contributed by atoms with Gasteiger partial charge in [0, 0.05) is 12.6 Å². The summed E-state index contributed by atoms with van der Waals surface area (Å²) in [4.78, 5) is 50.9. The molecule has 200 valence electrons. The van der Waals surface area contributed by atoms with E-state index < -0.39 is 60.0 Å². The van der Waals surface area contributed by atoms with E-state index >= 15 is 0 Å². The van der Waals surface area contributed by atoms with Crippen LogP contribution in [0.5, 0.6) is 0 Å². The maximum absolute atomic E-state index is 13.3. The second-order valence-electron chi connectivity index (χ2n) is 8.85. The van der Waals surface area contributed by atoms with Gasteiger partial charge in [0.05, 0.1) is 11.1 Å². The first-order valence-corrected chi connectivity index (χ1v) is 11.5. The molecular formula is C26H23F3N2O7. The van der Waals surface area contributed by atoms with Crippen LogP contribution in [0.15, 0.2) is 64.3 Å². The van der Waals surface area contributed by atoms with Gasteiger partial charge in [0.2, 0.25) is 0 Å². The SMILES string of the molecule is Cc1ccc(C(=O)OC[C@@H]2O[C@@H](n3cc(C(F)(F)F)c(=O)[nH]c3=O)C[C@H]2OC(=O)c2ccc(C)cc2)cc1. The van der Waals surface area contributed by atoms with Crippen molar-refractivity contribution in [2.45, 2.75) is 44.9 Å². The standard InChI is InChI=1S/C26H23F3N2O7/c1-14-3-7-16(8-4-14)23(33)36-13-20-19(38-24(34)17-9-5-15(2)6-10-17)11-21(37-20)31-12-18(26(27,28)29)22(32)30-25(31)35/h3-10,12,19-21H,11,13H2,1-2H3,(H,30,32,35)/t19-,20+,21-/m1/s1. The van der Waals surface area contributed by atoms with E-state index in [2.05, 4.69) is 0 Å². The van der Waals surface area contributed by atoms with Gasteiger partial charge in [0.1, 0.15) is 30.6 Å². The lowest BCUT2D eigenvalue weighted by Gasteiger charge is -2.19. The van der Waals surface area contributed by atoms with Crippen molar-refractivity contribution in [1.82, 2.24) is 9.55 Å². The van der Waals surface area contributed by atoms with Crippen molar-refractivity contribution < 1.29 is 37.0 Å². The Morgan fingerprint density at radius 1 is 0.974 bits per heavy atom. The van der Waals surface area contributed by atoms with E-state index in [1.165, 1.54) is 0 Å². The molecule has 12 heteroatoms. The van der Waals surface area contributed by atoms with Crippen LogP contribution in [-0.2, 0) is 20.4 Å². The quantitative estimate of drug-likeness (QED) is 0.483. The van der Waals surface area contributed by atoms with Gasteiger partial charge in [-0.3, -0.25) is 14.3 Å². The molecule has 4 rings (SSSR count). The Morgan fingerprint density at radius 3 is 2.08 bits per heavy atom. The number of benzene rings is 2. The number of alkyl halides is 3. The summed E-state index contributed by atoms with van der Waals surface area (Å²) < 4.78 is 57.0. The van der Waals surface area contributed by atoms with Gasteiger partial charge in [0.15, 0.2) is 0 Å². The van der Waals surface area contributed by atoms with Gasteiger partial charge in [0.25, 0.3) is 5.56 Å². The van der Waals surface area contributed by atoms with Crippen LogP contribution in [0.25, 0.3) is 0 Å². The van der Waals surface area contributed by atoms with Crippen LogP contribution in [0.2, 0.25) is 0 Å². The molecule has 0 saturated carbocycles. The third kappa shape index (κ3) is 6.02. The Balaban J connectivity index is 1.58. The molecule has 2 heterocycles. The lowest BCUT2D eigenvalue weighted by molar-refractivity contribution is -0.139. The van der Waals surface area contributed by atoms with Gasteiger partial charge in [-0.15, -0.1) is 0 Å². The monoisotopic (exact) mass is 532 g/mol.